The third-order valence-corrected chi connectivity index (χ3v) is 5.02. The molecule has 0 aromatic carbocycles. The summed E-state index contributed by atoms with van der Waals surface area (Å²) < 4.78 is 11.4. The van der Waals surface area contributed by atoms with E-state index in [9.17, 15) is 4.57 Å². The van der Waals surface area contributed by atoms with Crippen LogP contribution in [0.1, 0.15) is 13.8 Å². The van der Waals surface area contributed by atoms with E-state index in [0.717, 1.165) is 12.3 Å². The molecule has 1 unspecified atom stereocenters. The second kappa shape index (κ2) is 2.12. The van der Waals surface area contributed by atoms with E-state index in [4.69, 9.17) is 0 Å². The minimum absolute atomic E-state index is 0.695. The third kappa shape index (κ3) is 1.58. The fourth-order valence-electron chi connectivity index (χ4n) is 1.65. The molecule has 0 bridgehead atoms. The Bertz CT molecular complexity index is 139. The van der Waals surface area contributed by atoms with Gasteiger partial charge in [-0.15, -0.1) is 0 Å². The van der Waals surface area contributed by atoms with Crippen LogP contribution in [0.4, 0.5) is 0 Å². The molecule has 1 heterocycles. The Hall–Kier alpha value is 0.230. The van der Waals surface area contributed by atoms with Crippen LogP contribution in [0.25, 0.3) is 0 Å². The molecule has 1 rings (SSSR count). The molecule has 3 atom stereocenters. The first-order chi connectivity index (χ1) is 4.01. The van der Waals surface area contributed by atoms with Crippen LogP contribution in [-0.2, 0) is 4.57 Å². The van der Waals surface area contributed by atoms with Crippen LogP contribution in [-0.4, -0.2) is 19.0 Å². The lowest BCUT2D eigenvalue weighted by Crippen LogP contribution is -2.01. The predicted octanol–water partition coefficient (Wildman–Crippen LogP) is 2.27. The lowest BCUT2D eigenvalue weighted by Gasteiger charge is -2.03. The van der Waals surface area contributed by atoms with Gasteiger partial charge in [-0.25, -0.2) is 0 Å². The maximum atomic E-state index is 11.4. The van der Waals surface area contributed by atoms with Gasteiger partial charge in [-0.3, -0.25) is 0 Å². The normalized spacial score (nSPS) is 51.9. The van der Waals surface area contributed by atoms with Gasteiger partial charge in [-0.05, 0) is 18.5 Å². The van der Waals surface area contributed by atoms with Gasteiger partial charge in [0.1, 0.15) is 0 Å². The van der Waals surface area contributed by atoms with Crippen LogP contribution >= 0.6 is 7.14 Å². The molecule has 0 saturated carbocycles. The van der Waals surface area contributed by atoms with E-state index in [2.05, 4.69) is 13.8 Å². The summed E-state index contributed by atoms with van der Waals surface area (Å²) in [6.07, 6.45) is 1.96. The second-order valence-electron chi connectivity index (χ2n) is 3.62. The van der Waals surface area contributed by atoms with Gasteiger partial charge in [0.25, 0.3) is 0 Å². The van der Waals surface area contributed by atoms with Gasteiger partial charge < -0.3 is 4.57 Å². The van der Waals surface area contributed by atoms with Crippen molar-refractivity contribution in [2.75, 3.05) is 19.0 Å². The highest BCUT2D eigenvalue weighted by Gasteiger charge is 2.32. The number of hydrogen-bond acceptors (Lipinski definition) is 1. The van der Waals surface area contributed by atoms with Crippen molar-refractivity contribution in [1.29, 1.82) is 0 Å². The van der Waals surface area contributed by atoms with Gasteiger partial charge in [-0.2, -0.15) is 0 Å². The Labute approximate surface area is 57.2 Å². The van der Waals surface area contributed by atoms with Crippen molar-refractivity contribution in [3.8, 4) is 0 Å². The summed E-state index contributed by atoms with van der Waals surface area (Å²) in [7, 11) is -1.66. The fourth-order valence-corrected chi connectivity index (χ4v) is 4.96. The summed E-state index contributed by atoms with van der Waals surface area (Å²) in [6.45, 7) is 6.34. The Balaban J connectivity index is 2.65. The Morgan fingerprint density at radius 3 is 1.67 bits per heavy atom. The van der Waals surface area contributed by atoms with E-state index >= 15 is 0 Å². The molecule has 0 N–H and O–H groups in total. The minimum atomic E-state index is -1.66. The van der Waals surface area contributed by atoms with Crippen molar-refractivity contribution in [2.24, 2.45) is 11.8 Å². The van der Waals surface area contributed by atoms with Gasteiger partial charge in [0.2, 0.25) is 0 Å². The van der Waals surface area contributed by atoms with E-state index in [0.29, 0.717) is 11.8 Å². The van der Waals surface area contributed by atoms with Gasteiger partial charge >= 0.3 is 0 Å². The molecule has 1 aliphatic heterocycles. The molecular formula is C7H15OP. The topological polar surface area (TPSA) is 17.1 Å². The summed E-state index contributed by atoms with van der Waals surface area (Å²) in [6, 6.07) is 0. The van der Waals surface area contributed by atoms with Gasteiger partial charge in [0, 0.05) is 12.3 Å². The zero-order chi connectivity index (χ0) is 7.07. The monoisotopic (exact) mass is 146 g/mol. The molecule has 0 aromatic heterocycles. The molecule has 0 amide bonds. The maximum Gasteiger partial charge on any atom is 0.0853 e. The van der Waals surface area contributed by atoms with Crippen molar-refractivity contribution in [3.05, 3.63) is 0 Å². The molecule has 1 saturated heterocycles. The molecule has 1 nitrogen and oxygen atoms in total. The molecule has 1 fully saturated rings. The number of rotatable bonds is 0. The first-order valence-corrected chi connectivity index (χ1v) is 6.09. The first kappa shape index (κ1) is 7.34. The van der Waals surface area contributed by atoms with Crippen LogP contribution in [0, 0.1) is 11.8 Å². The summed E-state index contributed by atoms with van der Waals surface area (Å²) >= 11 is 0. The Morgan fingerprint density at radius 2 is 1.56 bits per heavy atom. The molecule has 1 aliphatic rings. The van der Waals surface area contributed by atoms with E-state index in [1.807, 2.05) is 6.66 Å². The Kier molecular flexibility index (Phi) is 1.73. The van der Waals surface area contributed by atoms with Gasteiger partial charge in [-0.1, -0.05) is 13.8 Å². The second-order valence-corrected chi connectivity index (χ2v) is 6.94. The lowest BCUT2D eigenvalue weighted by atomic mass is 10.0. The van der Waals surface area contributed by atoms with Crippen molar-refractivity contribution >= 4 is 7.14 Å². The van der Waals surface area contributed by atoms with Crippen molar-refractivity contribution < 1.29 is 4.57 Å². The highest BCUT2D eigenvalue weighted by atomic mass is 31.2. The van der Waals surface area contributed by atoms with Crippen molar-refractivity contribution in [1.82, 2.24) is 0 Å². The molecule has 0 spiro atoms. The molecular weight excluding hydrogens is 131 g/mol. The quantitative estimate of drug-likeness (QED) is 0.479. The highest BCUT2D eigenvalue weighted by molar-refractivity contribution is 7.63. The predicted molar refractivity (Wildman–Crippen MR) is 41.6 cm³/mol. The molecule has 2 heteroatoms. The lowest BCUT2D eigenvalue weighted by molar-refractivity contribution is 0.494. The highest BCUT2D eigenvalue weighted by Crippen LogP contribution is 2.52. The maximum absolute atomic E-state index is 11.4. The molecule has 0 radical (unpaired) electrons. The minimum Gasteiger partial charge on any atom is -0.324 e. The third-order valence-electron chi connectivity index (χ3n) is 2.32. The SMILES string of the molecule is C[C@@H]1CP(C)(=O)C[C@@H]1C. The van der Waals surface area contributed by atoms with Crippen LogP contribution < -0.4 is 0 Å². The first-order valence-electron chi connectivity index (χ1n) is 3.57. The largest absolute Gasteiger partial charge is 0.324 e. The molecule has 9 heavy (non-hydrogen) atoms. The summed E-state index contributed by atoms with van der Waals surface area (Å²) in [5, 5.41) is 0. The average molecular weight is 146 g/mol. The fraction of sp³-hybridized carbons (Fsp3) is 1.00. The van der Waals surface area contributed by atoms with Gasteiger partial charge in [0.15, 0.2) is 0 Å². The summed E-state index contributed by atoms with van der Waals surface area (Å²) in [4.78, 5) is 0. The standard InChI is InChI=1S/C7H15OP/c1-6-4-9(3,8)5-7(6)2/h6-7H,4-5H2,1-3H3/t6-,7+,9?. The van der Waals surface area contributed by atoms with Crippen molar-refractivity contribution in [3.63, 3.8) is 0 Å². The molecule has 54 valence electrons. The zero-order valence-electron chi connectivity index (χ0n) is 6.42. The van der Waals surface area contributed by atoms with Crippen LogP contribution in [0.15, 0.2) is 0 Å². The average Bonchev–Trinajstić information content (AvgIpc) is 1.79. The summed E-state index contributed by atoms with van der Waals surface area (Å²) in [5.41, 5.74) is 0. The van der Waals surface area contributed by atoms with E-state index in [1.165, 1.54) is 0 Å². The molecule has 0 aromatic rings. The van der Waals surface area contributed by atoms with E-state index in [1.54, 1.807) is 0 Å². The van der Waals surface area contributed by atoms with Crippen LogP contribution in [0.2, 0.25) is 0 Å². The number of hydrogen-bond donors (Lipinski definition) is 0. The zero-order valence-corrected chi connectivity index (χ0v) is 7.32. The van der Waals surface area contributed by atoms with Crippen molar-refractivity contribution in [2.45, 2.75) is 13.8 Å². The van der Waals surface area contributed by atoms with Crippen LogP contribution in [0.5, 0.6) is 0 Å². The van der Waals surface area contributed by atoms with E-state index < -0.39 is 7.14 Å². The van der Waals surface area contributed by atoms with E-state index in [-0.39, 0.29) is 0 Å². The van der Waals surface area contributed by atoms with Gasteiger partial charge in [0.05, 0.1) is 7.14 Å². The van der Waals surface area contributed by atoms with Crippen LogP contribution in [0.3, 0.4) is 0 Å². The Morgan fingerprint density at radius 1 is 1.22 bits per heavy atom. The molecule has 0 aliphatic carbocycles. The summed E-state index contributed by atoms with van der Waals surface area (Å²) in [5.74, 6) is 1.39. The smallest absolute Gasteiger partial charge is 0.0853 e.